The highest BCUT2D eigenvalue weighted by Crippen LogP contribution is 2.14. The molecule has 1 aliphatic heterocycles. The van der Waals surface area contributed by atoms with E-state index >= 15 is 0 Å². The molecule has 4 N–H and O–H groups in total. The van der Waals surface area contributed by atoms with Crippen LogP contribution in [0.2, 0.25) is 0 Å². The van der Waals surface area contributed by atoms with Crippen LogP contribution in [0.1, 0.15) is 48.8 Å². The summed E-state index contributed by atoms with van der Waals surface area (Å²) in [5, 5.41) is 12.5. The van der Waals surface area contributed by atoms with Crippen molar-refractivity contribution in [2.75, 3.05) is 38.1 Å². The molecule has 4 rings (SSSR count). The van der Waals surface area contributed by atoms with Crippen molar-refractivity contribution in [1.82, 2.24) is 50.7 Å². The highest BCUT2D eigenvalue weighted by atomic mass is 16.2. The zero-order valence-corrected chi connectivity index (χ0v) is 18.1. The zero-order valence-electron chi connectivity index (χ0n) is 18.1. The van der Waals surface area contributed by atoms with Crippen LogP contribution in [0.3, 0.4) is 0 Å². The van der Waals surface area contributed by atoms with Crippen molar-refractivity contribution < 1.29 is 9.59 Å². The van der Waals surface area contributed by atoms with Crippen molar-refractivity contribution in [3.63, 3.8) is 0 Å². The SMILES string of the molecule is CCCCC(=O)NC(NC(=O)c1nc(N2CCN(C)CC2)n[nH]1)c1nc2ncncc2[nH]1. The third-order valence-electron chi connectivity index (χ3n) is 5.27. The Morgan fingerprint density at radius 1 is 1.19 bits per heavy atom. The highest BCUT2D eigenvalue weighted by Gasteiger charge is 2.25. The van der Waals surface area contributed by atoms with Crippen LogP contribution in [0.5, 0.6) is 0 Å². The number of aromatic amines is 2. The Kier molecular flexibility index (Phi) is 6.54. The van der Waals surface area contributed by atoms with Crippen LogP contribution in [-0.4, -0.2) is 85.1 Å². The van der Waals surface area contributed by atoms with E-state index in [1.807, 2.05) is 11.8 Å². The molecular weight excluding hydrogens is 414 g/mol. The van der Waals surface area contributed by atoms with E-state index in [1.165, 1.54) is 6.33 Å². The molecule has 0 radical (unpaired) electrons. The first-order chi connectivity index (χ1) is 15.5. The molecule has 1 unspecified atom stereocenters. The second-order valence-corrected chi connectivity index (χ2v) is 7.73. The number of piperazine rings is 1. The van der Waals surface area contributed by atoms with Crippen molar-refractivity contribution >= 4 is 28.9 Å². The lowest BCUT2D eigenvalue weighted by atomic mass is 10.2. The van der Waals surface area contributed by atoms with Crippen molar-refractivity contribution in [2.45, 2.75) is 32.4 Å². The third-order valence-corrected chi connectivity index (χ3v) is 5.27. The second-order valence-electron chi connectivity index (χ2n) is 7.73. The molecule has 32 heavy (non-hydrogen) atoms. The Labute approximate surface area is 184 Å². The van der Waals surface area contributed by atoms with Crippen LogP contribution < -0.4 is 15.5 Å². The molecule has 0 spiro atoms. The number of carbonyl (C=O) groups excluding carboxylic acids is 2. The van der Waals surface area contributed by atoms with Crippen LogP contribution in [0, 0.1) is 0 Å². The molecule has 13 heteroatoms. The van der Waals surface area contributed by atoms with Gasteiger partial charge in [0.1, 0.15) is 11.8 Å². The van der Waals surface area contributed by atoms with Crippen molar-refractivity contribution in [2.24, 2.45) is 0 Å². The fourth-order valence-electron chi connectivity index (χ4n) is 3.36. The van der Waals surface area contributed by atoms with Gasteiger partial charge in [-0.05, 0) is 13.5 Å². The predicted octanol–water partition coefficient (Wildman–Crippen LogP) is -0.0422. The predicted molar refractivity (Wildman–Crippen MR) is 116 cm³/mol. The van der Waals surface area contributed by atoms with E-state index in [9.17, 15) is 9.59 Å². The van der Waals surface area contributed by atoms with Crippen LogP contribution in [0.4, 0.5) is 5.95 Å². The molecule has 1 aliphatic rings. The number of unbranched alkanes of at least 4 members (excludes halogenated alkanes) is 1. The van der Waals surface area contributed by atoms with Crippen LogP contribution >= 0.6 is 0 Å². The molecule has 4 heterocycles. The monoisotopic (exact) mass is 441 g/mol. The summed E-state index contributed by atoms with van der Waals surface area (Å²) in [5.74, 6) is 0.176. The summed E-state index contributed by atoms with van der Waals surface area (Å²) in [6.45, 7) is 5.37. The topological polar surface area (TPSA) is 161 Å². The number of carbonyl (C=O) groups is 2. The third kappa shape index (κ3) is 4.99. The van der Waals surface area contributed by atoms with Gasteiger partial charge in [0.2, 0.25) is 17.7 Å². The lowest BCUT2D eigenvalue weighted by Gasteiger charge is -2.31. The summed E-state index contributed by atoms with van der Waals surface area (Å²) >= 11 is 0. The van der Waals surface area contributed by atoms with Gasteiger partial charge in [-0.15, -0.1) is 5.10 Å². The van der Waals surface area contributed by atoms with Gasteiger partial charge in [0.15, 0.2) is 17.6 Å². The maximum atomic E-state index is 12.9. The Balaban J connectivity index is 1.50. The van der Waals surface area contributed by atoms with Crippen LogP contribution in [0.25, 0.3) is 11.2 Å². The largest absolute Gasteiger partial charge is 0.337 e. The first kappa shape index (κ1) is 21.6. The number of likely N-dealkylation sites (N-methyl/N-ethyl adjacent to an activating group) is 1. The smallest absolute Gasteiger partial charge is 0.290 e. The van der Waals surface area contributed by atoms with Gasteiger partial charge in [-0.25, -0.2) is 15.0 Å². The first-order valence-corrected chi connectivity index (χ1v) is 10.6. The van der Waals surface area contributed by atoms with Gasteiger partial charge in [-0.3, -0.25) is 14.7 Å². The summed E-state index contributed by atoms with van der Waals surface area (Å²) < 4.78 is 0. The second kappa shape index (κ2) is 9.68. The van der Waals surface area contributed by atoms with Crippen molar-refractivity contribution in [3.05, 3.63) is 24.2 Å². The van der Waals surface area contributed by atoms with Crippen LogP contribution in [0.15, 0.2) is 12.5 Å². The Bertz CT molecular complexity index is 1040. The molecule has 0 saturated carbocycles. The first-order valence-electron chi connectivity index (χ1n) is 10.6. The maximum Gasteiger partial charge on any atom is 0.290 e. The lowest BCUT2D eigenvalue weighted by Crippen LogP contribution is -2.45. The van der Waals surface area contributed by atoms with E-state index < -0.39 is 12.1 Å². The number of anilines is 1. The summed E-state index contributed by atoms with van der Waals surface area (Å²) in [5.41, 5.74) is 1.04. The summed E-state index contributed by atoms with van der Waals surface area (Å²) in [7, 11) is 2.06. The standard InChI is InChI=1S/C19H27N11O2/c1-3-4-5-13(31)23-16(15-22-12-10-20-11-21-14(12)24-15)25-18(32)17-26-19(28-27-17)30-8-6-29(2)7-9-30/h10-11,16H,3-9H2,1-2H3,(H,23,31)(H,25,32)(H,26,27,28)(H,20,21,22,24). The fraction of sp³-hybridized carbons (Fsp3) is 0.526. The Morgan fingerprint density at radius 3 is 2.75 bits per heavy atom. The van der Waals surface area contributed by atoms with Gasteiger partial charge in [-0.1, -0.05) is 13.3 Å². The van der Waals surface area contributed by atoms with Gasteiger partial charge in [0, 0.05) is 32.6 Å². The summed E-state index contributed by atoms with van der Waals surface area (Å²) in [6, 6.07) is 0. The molecule has 1 atom stereocenters. The van der Waals surface area contributed by atoms with Crippen LogP contribution in [-0.2, 0) is 4.79 Å². The minimum absolute atomic E-state index is 0.0580. The number of hydrogen-bond acceptors (Lipinski definition) is 9. The normalized spacial score (nSPS) is 15.6. The minimum atomic E-state index is -0.891. The van der Waals surface area contributed by atoms with Gasteiger partial charge in [0.05, 0.1) is 6.20 Å². The van der Waals surface area contributed by atoms with Gasteiger partial charge in [0.25, 0.3) is 5.91 Å². The van der Waals surface area contributed by atoms with E-state index in [4.69, 9.17) is 0 Å². The molecule has 0 aliphatic carbocycles. The van der Waals surface area contributed by atoms with E-state index in [-0.39, 0.29) is 11.7 Å². The molecule has 2 amide bonds. The number of imidazole rings is 1. The maximum absolute atomic E-state index is 12.9. The summed E-state index contributed by atoms with van der Waals surface area (Å²) in [6.07, 6.45) is 4.05. The molecule has 170 valence electrons. The number of rotatable bonds is 8. The quantitative estimate of drug-likeness (QED) is 0.351. The zero-order chi connectivity index (χ0) is 22.5. The number of H-pyrrole nitrogens is 2. The molecule has 3 aromatic rings. The molecule has 0 aromatic carbocycles. The molecule has 1 fully saturated rings. The average molecular weight is 442 g/mol. The van der Waals surface area contributed by atoms with E-state index in [0.717, 1.165) is 39.0 Å². The highest BCUT2D eigenvalue weighted by molar-refractivity contribution is 5.91. The van der Waals surface area contributed by atoms with E-state index in [0.29, 0.717) is 29.4 Å². The minimum Gasteiger partial charge on any atom is -0.337 e. The number of aromatic nitrogens is 7. The fourth-order valence-corrected chi connectivity index (χ4v) is 3.36. The van der Waals surface area contributed by atoms with Gasteiger partial charge in [-0.2, -0.15) is 4.98 Å². The number of hydrogen-bond donors (Lipinski definition) is 4. The molecule has 3 aromatic heterocycles. The number of amides is 2. The molecule has 1 saturated heterocycles. The number of fused-ring (bicyclic) bond motifs is 1. The Hall–Kier alpha value is -3.61. The molecule has 0 bridgehead atoms. The van der Waals surface area contributed by atoms with E-state index in [2.05, 4.69) is 57.7 Å². The Morgan fingerprint density at radius 2 is 2.00 bits per heavy atom. The van der Waals surface area contributed by atoms with Crippen molar-refractivity contribution in [1.29, 1.82) is 0 Å². The number of nitrogens with one attached hydrogen (secondary N) is 4. The van der Waals surface area contributed by atoms with E-state index in [1.54, 1.807) is 6.20 Å². The molecule has 13 nitrogen and oxygen atoms in total. The van der Waals surface area contributed by atoms with Gasteiger partial charge >= 0.3 is 0 Å². The summed E-state index contributed by atoms with van der Waals surface area (Å²) in [4.78, 5) is 49.3. The number of nitrogens with zero attached hydrogens (tertiary/aromatic N) is 7. The van der Waals surface area contributed by atoms with Gasteiger partial charge < -0.3 is 25.4 Å². The van der Waals surface area contributed by atoms with Crippen molar-refractivity contribution in [3.8, 4) is 0 Å². The molecular formula is C19H27N11O2. The average Bonchev–Trinajstić information content (AvgIpc) is 3.45. The lowest BCUT2D eigenvalue weighted by molar-refractivity contribution is -0.122.